The van der Waals surface area contributed by atoms with Crippen molar-refractivity contribution in [2.45, 2.75) is 44.3 Å². The lowest BCUT2D eigenvalue weighted by Gasteiger charge is -2.32. The second-order valence-electron chi connectivity index (χ2n) is 7.74. The molecule has 1 amide bonds. The molecule has 3 rings (SSSR count). The molecule has 1 aliphatic heterocycles. The standard InChI is InChI=1S/C21H20F6N2O4/c1-9-15(11-4-5-12(22)16(24)17(11)32-3)18(33-20(9,2)21(25,26)27)19(31)29-10-6-13(23)14(8-30)28-7-10/h4-7,9,15,18,30H,8H2,1-3H3,(H,29,31)/t9-,15-,18+,20+/m0/s1. The molecule has 1 aromatic heterocycles. The number of aliphatic hydroxyl groups is 1. The van der Waals surface area contributed by atoms with E-state index in [1.54, 1.807) is 0 Å². The Kier molecular flexibility index (Phi) is 6.62. The molecule has 0 aliphatic carbocycles. The van der Waals surface area contributed by atoms with Crippen molar-refractivity contribution in [2.75, 3.05) is 12.4 Å². The van der Waals surface area contributed by atoms with Crippen LogP contribution in [-0.2, 0) is 16.1 Å². The van der Waals surface area contributed by atoms with E-state index in [1.807, 2.05) is 0 Å². The SMILES string of the molecule is COc1c([C@H]2[C@H](C(=O)Nc3cnc(CO)c(F)c3)O[C@@](C)(C(F)(F)F)[C@H]2C)ccc(F)c1F. The summed E-state index contributed by atoms with van der Waals surface area (Å²) in [5.41, 5.74) is -3.52. The number of methoxy groups -OCH3 is 1. The Bertz CT molecular complexity index is 1060. The number of aromatic nitrogens is 1. The van der Waals surface area contributed by atoms with Crippen LogP contribution >= 0.6 is 0 Å². The first-order valence-electron chi connectivity index (χ1n) is 9.68. The second-order valence-corrected chi connectivity index (χ2v) is 7.74. The van der Waals surface area contributed by atoms with Crippen LogP contribution in [0.5, 0.6) is 5.75 Å². The van der Waals surface area contributed by atoms with Crippen molar-refractivity contribution in [3.8, 4) is 5.75 Å². The quantitative estimate of drug-likeness (QED) is 0.634. The molecular formula is C21H20F6N2O4. The number of hydrogen-bond acceptors (Lipinski definition) is 5. The van der Waals surface area contributed by atoms with Crippen molar-refractivity contribution in [1.29, 1.82) is 0 Å². The van der Waals surface area contributed by atoms with Crippen molar-refractivity contribution in [3.05, 3.63) is 53.1 Å². The summed E-state index contributed by atoms with van der Waals surface area (Å²) in [5, 5.41) is 11.2. The summed E-state index contributed by atoms with van der Waals surface area (Å²) >= 11 is 0. The van der Waals surface area contributed by atoms with E-state index in [0.29, 0.717) is 6.07 Å². The number of alkyl halides is 3. The average molecular weight is 478 g/mol. The molecule has 4 atom stereocenters. The fourth-order valence-electron chi connectivity index (χ4n) is 3.90. The first-order valence-corrected chi connectivity index (χ1v) is 9.68. The molecule has 2 aromatic rings. The van der Waals surface area contributed by atoms with Gasteiger partial charge in [0.05, 0.1) is 25.6 Å². The zero-order valence-electron chi connectivity index (χ0n) is 17.6. The number of nitrogens with zero attached hydrogens (tertiary/aromatic N) is 1. The van der Waals surface area contributed by atoms with Gasteiger partial charge in [0.2, 0.25) is 5.82 Å². The summed E-state index contributed by atoms with van der Waals surface area (Å²) in [6.45, 7) is 1.22. The predicted octanol–water partition coefficient (Wildman–Crippen LogP) is 4.08. The molecule has 1 fully saturated rings. The highest BCUT2D eigenvalue weighted by atomic mass is 19.4. The number of carbonyl (C=O) groups excluding carboxylic acids is 1. The molecule has 0 spiro atoms. The fourth-order valence-corrected chi connectivity index (χ4v) is 3.90. The minimum Gasteiger partial charge on any atom is -0.493 e. The number of pyridine rings is 1. The number of anilines is 1. The first-order chi connectivity index (χ1) is 15.4. The van der Waals surface area contributed by atoms with E-state index in [0.717, 1.165) is 32.4 Å². The van der Waals surface area contributed by atoms with E-state index in [1.165, 1.54) is 6.92 Å². The number of benzene rings is 1. The summed E-state index contributed by atoms with van der Waals surface area (Å²) in [6, 6.07) is 2.57. The average Bonchev–Trinajstić information content (AvgIpc) is 3.02. The third-order valence-electron chi connectivity index (χ3n) is 5.91. The van der Waals surface area contributed by atoms with Crippen LogP contribution < -0.4 is 10.1 Å². The van der Waals surface area contributed by atoms with Gasteiger partial charge in [0.1, 0.15) is 17.6 Å². The molecule has 1 saturated heterocycles. The van der Waals surface area contributed by atoms with E-state index >= 15 is 0 Å². The Hall–Kier alpha value is -2.86. The zero-order valence-corrected chi connectivity index (χ0v) is 17.6. The molecule has 180 valence electrons. The molecular weight excluding hydrogens is 458 g/mol. The summed E-state index contributed by atoms with van der Waals surface area (Å²) in [6.07, 6.45) is -5.74. The molecule has 0 radical (unpaired) electrons. The van der Waals surface area contributed by atoms with Gasteiger partial charge < -0.3 is 19.9 Å². The third-order valence-corrected chi connectivity index (χ3v) is 5.91. The highest BCUT2D eigenvalue weighted by molar-refractivity contribution is 5.95. The highest BCUT2D eigenvalue weighted by Gasteiger charge is 2.65. The van der Waals surface area contributed by atoms with Crippen LogP contribution in [0.15, 0.2) is 24.4 Å². The molecule has 33 heavy (non-hydrogen) atoms. The van der Waals surface area contributed by atoms with Crippen LogP contribution in [0.1, 0.15) is 31.0 Å². The number of amides is 1. The van der Waals surface area contributed by atoms with E-state index < -0.39 is 65.4 Å². The largest absolute Gasteiger partial charge is 0.493 e. The van der Waals surface area contributed by atoms with Crippen molar-refractivity contribution < 1.29 is 45.7 Å². The number of halogens is 6. The molecule has 2 heterocycles. The van der Waals surface area contributed by atoms with Crippen LogP contribution in [0.3, 0.4) is 0 Å². The van der Waals surface area contributed by atoms with E-state index in [-0.39, 0.29) is 16.9 Å². The van der Waals surface area contributed by atoms with Crippen molar-refractivity contribution in [3.63, 3.8) is 0 Å². The van der Waals surface area contributed by atoms with Crippen molar-refractivity contribution >= 4 is 11.6 Å². The smallest absolute Gasteiger partial charge is 0.417 e. The fraction of sp³-hybridized carbons (Fsp3) is 0.429. The Morgan fingerprint density at radius 1 is 1.27 bits per heavy atom. The number of carbonyl (C=O) groups is 1. The van der Waals surface area contributed by atoms with E-state index in [2.05, 4.69) is 10.3 Å². The Labute approximate surface area is 184 Å². The number of rotatable bonds is 5. The van der Waals surface area contributed by atoms with Gasteiger partial charge >= 0.3 is 6.18 Å². The van der Waals surface area contributed by atoms with Crippen LogP contribution in [0.4, 0.5) is 32.0 Å². The van der Waals surface area contributed by atoms with Gasteiger partial charge in [0.25, 0.3) is 5.91 Å². The Morgan fingerprint density at radius 3 is 2.48 bits per heavy atom. The van der Waals surface area contributed by atoms with Gasteiger partial charge in [-0.2, -0.15) is 17.6 Å². The molecule has 0 bridgehead atoms. The van der Waals surface area contributed by atoms with E-state index in [4.69, 9.17) is 14.6 Å². The van der Waals surface area contributed by atoms with E-state index in [9.17, 15) is 31.1 Å². The summed E-state index contributed by atoms with van der Waals surface area (Å²) in [7, 11) is 1.01. The van der Waals surface area contributed by atoms with Gasteiger partial charge in [-0.05, 0) is 13.0 Å². The summed E-state index contributed by atoms with van der Waals surface area (Å²) in [4.78, 5) is 16.6. The highest BCUT2D eigenvalue weighted by Crippen LogP contribution is 2.55. The zero-order chi connectivity index (χ0) is 24.7. The molecule has 0 unspecified atom stereocenters. The van der Waals surface area contributed by atoms with Crippen LogP contribution in [0.25, 0.3) is 0 Å². The first kappa shape index (κ1) is 24.8. The molecule has 1 aromatic carbocycles. The summed E-state index contributed by atoms with van der Waals surface area (Å²) < 4.78 is 93.7. The lowest BCUT2D eigenvalue weighted by molar-refractivity contribution is -0.272. The van der Waals surface area contributed by atoms with Gasteiger partial charge in [-0.15, -0.1) is 0 Å². The summed E-state index contributed by atoms with van der Waals surface area (Å²) in [5.74, 6) is -8.24. The molecule has 0 saturated carbocycles. The van der Waals surface area contributed by atoms with Gasteiger partial charge in [0, 0.05) is 23.5 Å². The molecule has 6 nitrogen and oxygen atoms in total. The number of nitrogens with one attached hydrogen (secondary N) is 1. The number of ether oxygens (including phenoxy) is 2. The van der Waals surface area contributed by atoms with Crippen molar-refractivity contribution in [1.82, 2.24) is 4.98 Å². The van der Waals surface area contributed by atoms with Crippen LogP contribution in [0, 0.1) is 23.4 Å². The Morgan fingerprint density at radius 2 is 1.94 bits per heavy atom. The lowest BCUT2D eigenvalue weighted by atomic mass is 9.77. The molecule has 1 aliphatic rings. The van der Waals surface area contributed by atoms with Gasteiger partial charge in [0.15, 0.2) is 17.2 Å². The molecule has 2 N–H and O–H groups in total. The maximum atomic E-state index is 14.3. The monoisotopic (exact) mass is 478 g/mol. The maximum absolute atomic E-state index is 14.3. The van der Waals surface area contributed by atoms with Crippen LogP contribution in [0.2, 0.25) is 0 Å². The maximum Gasteiger partial charge on any atom is 0.417 e. The van der Waals surface area contributed by atoms with Crippen molar-refractivity contribution in [2.24, 2.45) is 5.92 Å². The normalized spacial score (nSPS) is 25.2. The molecule has 12 heteroatoms. The van der Waals surface area contributed by atoms with Crippen LogP contribution in [-0.4, -0.2) is 41.0 Å². The second kappa shape index (κ2) is 8.82. The predicted molar refractivity (Wildman–Crippen MR) is 103 cm³/mol. The minimum absolute atomic E-state index is 0.197. The third kappa shape index (κ3) is 4.24. The van der Waals surface area contributed by atoms with Gasteiger partial charge in [-0.1, -0.05) is 13.0 Å². The van der Waals surface area contributed by atoms with Gasteiger partial charge in [-0.25, -0.2) is 8.78 Å². The number of hydrogen-bond donors (Lipinski definition) is 2. The minimum atomic E-state index is -4.91. The Balaban J connectivity index is 2.06. The lowest BCUT2D eigenvalue weighted by Crippen LogP contribution is -2.47. The van der Waals surface area contributed by atoms with Gasteiger partial charge in [-0.3, -0.25) is 9.78 Å². The number of aliphatic hydroxyl groups excluding tert-OH is 1. The topological polar surface area (TPSA) is 80.7 Å².